The van der Waals surface area contributed by atoms with Gasteiger partial charge in [0.05, 0.1) is 12.5 Å². The van der Waals surface area contributed by atoms with Gasteiger partial charge in [-0.1, -0.05) is 12.2 Å². The number of carboxylic acid groups (broad SMARTS) is 1. The lowest BCUT2D eigenvalue weighted by Gasteiger charge is -2.37. The summed E-state index contributed by atoms with van der Waals surface area (Å²) in [5.74, 6) is -5.06. The van der Waals surface area contributed by atoms with Crippen LogP contribution in [0.4, 0.5) is 13.2 Å². The molecule has 0 radical (unpaired) electrons. The lowest BCUT2D eigenvalue weighted by Crippen LogP contribution is -2.50. The van der Waals surface area contributed by atoms with Crippen LogP contribution in [0.1, 0.15) is 6.42 Å². The minimum atomic E-state index is -4.59. The van der Waals surface area contributed by atoms with E-state index in [9.17, 15) is 18.0 Å². The van der Waals surface area contributed by atoms with Crippen molar-refractivity contribution in [2.45, 2.75) is 12.6 Å². The SMILES string of the molecule is O=C(O)C1(CO)C2C=CC(C2)C1C(F)(F)F. The van der Waals surface area contributed by atoms with E-state index in [0.717, 1.165) is 0 Å². The van der Waals surface area contributed by atoms with E-state index in [0.29, 0.717) is 0 Å². The average molecular weight is 236 g/mol. The van der Waals surface area contributed by atoms with Crippen LogP contribution < -0.4 is 0 Å². The summed E-state index contributed by atoms with van der Waals surface area (Å²) in [6.07, 6.45) is -1.53. The molecule has 2 bridgehead atoms. The first kappa shape index (κ1) is 11.4. The van der Waals surface area contributed by atoms with Crippen LogP contribution in [-0.2, 0) is 4.79 Å². The first-order valence-electron chi connectivity index (χ1n) is 4.93. The Morgan fingerprint density at radius 3 is 2.44 bits per heavy atom. The molecule has 3 nitrogen and oxygen atoms in total. The summed E-state index contributed by atoms with van der Waals surface area (Å²) in [6.45, 7) is -0.974. The third-order valence-electron chi connectivity index (χ3n) is 3.77. The summed E-state index contributed by atoms with van der Waals surface area (Å²) < 4.78 is 38.6. The number of aliphatic hydroxyl groups is 1. The van der Waals surface area contributed by atoms with E-state index in [1.54, 1.807) is 0 Å². The number of aliphatic hydroxyl groups excluding tert-OH is 1. The summed E-state index contributed by atoms with van der Waals surface area (Å²) in [5, 5.41) is 18.2. The van der Waals surface area contributed by atoms with Crippen LogP contribution in [0.2, 0.25) is 0 Å². The van der Waals surface area contributed by atoms with Gasteiger partial charge in [-0.15, -0.1) is 0 Å². The molecule has 2 aliphatic rings. The fourth-order valence-corrected chi connectivity index (χ4v) is 3.08. The molecule has 0 spiro atoms. The standard InChI is InChI=1S/C10H11F3O3/c11-10(12,13)7-5-1-2-6(3-5)9(7,4-14)8(15)16/h1-2,5-7,14H,3-4H2,(H,15,16). The molecule has 0 amide bonds. The average Bonchev–Trinajstić information content (AvgIpc) is 2.72. The lowest BCUT2D eigenvalue weighted by atomic mass is 9.68. The molecular formula is C10H11F3O3. The number of allylic oxidation sites excluding steroid dienone is 2. The molecule has 1 fully saturated rings. The van der Waals surface area contributed by atoms with Gasteiger partial charge in [-0.25, -0.2) is 0 Å². The predicted molar refractivity (Wildman–Crippen MR) is 47.4 cm³/mol. The third-order valence-corrected chi connectivity index (χ3v) is 3.77. The maximum Gasteiger partial charge on any atom is 0.393 e. The minimum absolute atomic E-state index is 0.164. The minimum Gasteiger partial charge on any atom is -0.481 e. The normalized spacial score (nSPS) is 41.6. The Kier molecular flexibility index (Phi) is 2.31. The van der Waals surface area contributed by atoms with Crippen LogP contribution in [0.15, 0.2) is 12.2 Å². The topological polar surface area (TPSA) is 57.5 Å². The zero-order valence-electron chi connectivity index (χ0n) is 8.24. The van der Waals surface area contributed by atoms with Crippen LogP contribution in [0, 0.1) is 23.2 Å². The van der Waals surface area contributed by atoms with E-state index in [1.165, 1.54) is 12.2 Å². The van der Waals surface area contributed by atoms with Gasteiger partial charge in [0.1, 0.15) is 5.41 Å². The zero-order chi connectivity index (χ0) is 12.1. The van der Waals surface area contributed by atoms with Gasteiger partial charge in [-0.2, -0.15) is 13.2 Å². The van der Waals surface area contributed by atoms with E-state index in [1.807, 2.05) is 0 Å². The monoisotopic (exact) mass is 236 g/mol. The summed E-state index contributed by atoms with van der Waals surface area (Å²) in [4.78, 5) is 11.1. The van der Waals surface area contributed by atoms with Crippen molar-refractivity contribution >= 4 is 5.97 Å². The van der Waals surface area contributed by atoms with Crippen molar-refractivity contribution in [3.8, 4) is 0 Å². The Bertz CT molecular complexity index is 350. The molecule has 4 atom stereocenters. The number of hydrogen-bond donors (Lipinski definition) is 2. The Morgan fingerprint density at radius 2 is 2.06 bits per heavy atom. The van der Waals surface area contributed by atoms with Crippen LogP contribution in [0.3, 0.4) is 0 Å². The number of halogens is 3. The summed E-state index contributed by atoms with van der Waals surface area (Å²) in [5.41, 5.74) is -2.09. The van der Waals surface area contributed by atoms with Gasteiger partial charge >= 0.3 is 12.1 Å². The van der Waals surface area contributed by atoms with Gasteiger partial charge in [0.25, 0.3) is 0 Å². The summed E-state index contributed by atoms with van der Waals surface area (Å²) in [7, 11) is 0. The van der Waals surface area contributed by atoms with E-state index in [4.69, 9.17) is 10.2 Å². The maximum absolute atomic E-state index is 12.9. The molecule has 1 saturated carbocycles. The fourth-order valence-electron chi connectivity index (χ4n) is 3.08. The van der Waals surface area contributed by atoms with Crippen molar-refractivity contribution in [3.63, 3.8) is 0 Å². The molecule has 4 unspecified atom stereocenters. The van der Waals surface area contributed by atoms with Crippen LogP contribution in [0.25, 0.3) is 0 Å². The Balaban J connectivity index is 2.50. The van der Waals surface area contributed by atoms with Gasteiger partial charge in [0, 0.05) is 0 Å². The van der Waals surface area contributed by atoms with Crippen molar-refractivity contribution in [2.24, 2.45) is 23.2 Å². The molecule has 16 heavy (non-hydrogen) atoms. The molecule has 0 heterocycles. The molecule has 0 aromatic rings. The van der Waals surface area contributed by atoms with Gasteiger partial charge in [0.15, 0.2) is 0 Å². The van der Waals surface area contributed by atoms with Gasteiger partial charge in [-0.3, -0.25) is 4.79 Å². The Morgan fingerprint density at radius 1 is 1.44 bits per heavy atom. The first-order valence-corrected chi connectivity index (χ1v) is 4.93. The number of fused-ring (bicyclic) bond motifs is 2. The molecule has 2 rings (SSSR count). The molecule has 2 aliphatic carbocycles. The van der Waals surface area contributed by atoms with Gasteiger partial charge in [-0.05, 0) is 18.3 Å². The predicted octanol–water partition coefficient (Wildman–Crippen LogP) is 1.43. The van der Waals surface area contributed by atoms with Crippen LogP contribution >= 0.6 is 0 Å². The highest BCUT2D eigenvalue weighted by Gasteiger charge is 2.68. The van der Waals surface area contributed by atoms with E-state index in [-0.39, 0.29) is 6.42 Å². The van der Waals surface area contributed by atoms with Crippen LogP contribution in [-0.4, -0.2) is 29.0 Å². The highest BCUT2D eigenvalue weighted by molar-refractivity contribution is 5.77. The van der Waals surface area contributed by atoms with Crippen molar-refractivity contribution in [2.75, 3.05) is 6.61 Å². The number of rotatable bonds is 2. The molecule has 90 valence electrons. The Hall–Kier alpha value is -1.04. The largest absolute Gasteiger partial charge is 0.481 e. The van der Waals surface area contributed by atoms with E-state index in [2.05, 4.69) is 0 Å². The van der Waals surface area contributed by atoms with Gasteiger partial charge < -0.3 is 10.2 Å². The smallest absolute Gasteiger partial charge is 0.393 e. The van der Waals surface area contributed by atoms with Crippen molar-refractivity contribution in [1.82, 2.24) is 0 Å². The highest BCUT2D eigenvalue weighted by atomic mass is 19.4. The molecular weight excluding hydrogens is 225 g/mol. The zero-order valence-corrected chi connectivity index (χ0v) is 8.24. The van der Waals surface area contributed by atoms with Gasteiger partial charge in [0.2, 0.25) is 0 Å². The summed E-state index contributed by atoms with van der Waals surface area (Å²) >= 11 is 0. The molecule has 6 heteroatoms. The number of carbonyl (C=O) groups is 1. The number of alkyl halides is 3. The third kappa shape index (κ3) is 1.22. The maximum atomic E-state index is 12.9. The second-order valence-electron chi connectivity index (χ2n) is 4.41. The number of aliphatic carboxylic acids is 1. The molecule has 2 N–H and O–H groups in total. The molecule has 0 aromatic carbocycles. The van der Waals surface area contributed by atoms with E-state index >= 15 is 0 Å². The second kappa shape index (κ2) is 3.23. The van der Waals surface area contributed by atoms with E-state index < -0.39 is 41.9 Å². The lowest BCUT2D eigenvalue weighted by molar-refractivity contribution is -0.223. The van der Waals surface area contributed by atoms with Crippen molar-refractivity contribution < 1.29 is 28.2 Å². The second-order valence-corrected chi connectivity index (χ2v) is 4.41. The summed E-state index contributed by atoms with van der Waals surface area (Å²) in [6, 6.07) is 0. The quantitative estimate of drug-likeness (QED) is 0.713. The fraction of sp³-hybridized carbons (Fsp3) is 0.700. The Labute approximate surface area is 89.6 Å². The highest BCUT2D eigenvalue weighted by Crippen LogP contribution is 2.61. The van der Waals surface area contributed by atoms with Crippen LogP contribution in [0.5, 0.6) is 0 Å². The molecule has 0 aromatic heterocycles. The molecule has 0 aliphatic heterocycles. The first-order chi connectivity index (χ1) is 7.34. The van der Waals surface area contributed by atoms with Crippen molar-refractivity contribution in [3.05, 3.63) is 12.2 Å². The molecule has 0 saturated heterocycles. The number of hydrogen-bond acceptors (Lipinski definition) is 2. The number of carboxylic acids is 1. The van der Waals surface area contributed by atoms with Crippen molar-refractivity contribution in [1.29, 1.82) is 0 Å².